The lowest BCUT2D eigenvalue weighted by Gasteiger charge is -2.51. The first kappa shape index (κ1) is 37.7. The third-order valence-electron chi connectivity index (χ3n) is 12.7. The number of nitrogens with zero attached hydrogens (tertiary/aromatic N) is 4. The van der Waals surface area contributed by atoms with Crippen LogP contribution >= 0.6 is 0 Å². The average Bonchev–Trinajstić information content (AvgIpc) is 3.25. The van der Waals surface area contributed by atoms with Crippen LogP contribution in [-0.2, 0) is 9.47 Å². The zero-order chi connectivity index (χ0) is 38.8. The monoisotopic (exact) mass is 760 g/mol. The Kier molecular flexibility index (Phi) is 11.1. The number of amides is 2. The predicted octanol–water partition coefficient (Wildman–Crippen LogP) is 6.83. The number of hydrogen-bond acceptors (Lipinski definition) is 10. The standard InChI is InChI=1S/C44H52N6O6/c1-5-27-25-49-19-13-29(27)21-39(49)41(33-11-15-45-37-9-7-31(53-3)23-35(33)37)55-43(51)47-17-18-48-44(52)56-42(40-22-30-14-20-50(40)26-28(30)6-2)34-12-16-46-38-10-8-32(54-4)24-36(34)38/h5-12,15-16,23-24,27-30,39-42H,1-2,13-14,17-22,25-26H2,3-4H3,(H,47,51)(H,48,52)/t27-,28-,29-,30-,39-,40-,41+,42+/m0/s1. The van der Waals surface area contributed by atoms with Crippen LogP contribution in [0.25, 0.3) is 21.8 Å². The van der Waals surface area contributed by atoms with E-state index in [2.05, 4.69) is 55.7 Å². The number of piperidine rings is 6. The Morgan fingerprint density at radius 2 is 1.18 bits per heavy atom. The second-order valence-electron chi connectivity index (χ2n) is 15.6. The summed E-state index contributed by atoms with van der Waals surface area (Å²) in [5.41, 5.74) is 3.38. The predicted molar refractivity (Wildman–Crippen MR) is 215 cm³/mol. The normalized spacial score (nSPS) is 27.5. The van der Waals surface area contributed by atoms with Crippen molar-refractivity contribution in [1.82, 2.24) is 30.4 Å². The fourth-order valence-corrected chi connectivity index (χ4v) is 9.77. The second-order valence-corrected chi connectivity index (χ2v) is 15.6. The molecule has 0 aliphatic carbocycles. The number of rotatable bonds is 13. The zero-order valence-corrected chi connectivity index (χ0v) is 32.3. The van der Waals surface area contributed by atoms with Crippen LogP contribution in [0, 0.1) is 23.7 Å². The highest BCUT2D eigenvalue weighted by Gasteiger charge is 2.46. The maximum atomic E-state index is 13.6. The summed E-state index contributed by atoms with van der Waals surface area (Å²) < 4.78 is 23.8. The van der Waals surface area contributed by atoms with Crippen LogP contribution in [0.5, 0.6) is 11.5 Å². The minimum absolute atomic E-state index is 0.00526. The van der Waals surface area contributed by atoms with Crippen molar-refractivity contribution in [1.29, 1.82) is 0 Å². The quantitative estimate of drug-likeness (QED) is 0.111. The molecule has 0 saturated carbocycles. The summed E-state index contributed by atoms with van der Waals surface area (Å²) in [5.74, 6) is 3.22. The van der Waals surface area contributed by atoms with Gasteiger partial charge in [-0.15, -0.1) is 13.2 Å². The highest BCUT2D eigenvalue weighted by molar-refractivity contribution is 5.85. The van der Waals surface area contributed by atoms with E-state index in [1.807, 2.05) is 48.5 Å². The number of benzene rings is 2. The Balaban J connectivity index is 0.957. The van der Waals surface area contributed by atoms with Gasteiger partial charge in [-0.05, 0) is 111 Å². The van der Waals surface area contributed by atoms with E-state index in [0.717, 1.165) is 84.8 Å². The summed E-state index contributed by atoms with van der Waals surface area (Å²) >= 11 is 0. The number of carbonyl (C=O) groups is 2. The van der Waals surface area contributed by atoms with Crippen molar-refractivity contribution in [2.75, 3.05) is 53.5 Å². The van der Waals surface area contributed by atoms with Crippen LogP contribution in [0.2, 0.25) is 0 Å². The molecule has 10 rings (SSSR count). The first-order valence-corrected chi connectivity index (χ1v) is 19.8. The van der Waals surface area contributed by atoms with Gasteiger partial charge in [0.05, 0.1) is 37.3 Å². The number of carbonyl (C=O) groups excluding carboxylic acids is 2. The number of fused-ring (bicyclic) bond motifs is 8. The van der Waals surface area contributed by atoms with Gasteiger partial charge in [0, 0.05) is 60.5 Å². The molecular weight excluding hydrogens is 709 g/mol. The molecule has 6 aliphatic rings. The molecule has 2 aromatic carbocycles. The molecule has 12 heteroatoms. The molecule has 6 aliphatic heterocycles. The summed E-state index contributed by atoms with van der Waals surface area (Å²) in [5, 5.41) is 7.54. The van der Waals surface area contributed by atoms with E-state index in [4.69, 9.17) is 18.9 Å². The van der Waals surface area contributed by atoms with Crippen LogP contribution in [0.1, 0.15) is 49.0 Å². The average molecular weight is 761 g/mol. The maximum absolute atomic E-state index is 13.6. The van der Waals surface area contributed by atoms with Gasteiger partial charge in [-0.1, -0.05) is 12.2 Å². The van der Waals surface area contributed by atoms with E-state index in [0.29, 0.717) is 35.2 Å². The summed E-state index contributed by atoms with van der Waals surface area (Å²) in [6.45, 7) is 12.1. The van der Waals surface area contributed by atoms with Crippen molar-refractivity contribution in [2.24, 2.45) is 23.7 Å². The summed E-state index contributed by atoms with van der Waals surface area (Å²) in [7, 11) is 3.27. The third-order valence-corrected chi connectivity index (χ3v) is 12.7. The molecule has 8 heterocycles. The minimum atomic E-state index is -0.557. The minimum Gasteiger partial charge on any atom is -0.497 e. The Morgan fingerprint density at radius 3 is 1.55 bits per heavy atom. The van der Waals surface area contributed by atoms with Gasteiger partial charge < -0.3 is 29.6 Å². The van der Waals surface area contributed by atoms with Crippen LogP contribution in [0.4, 0.5) is 9.59 Å². The van der Waals surface area contributed by atoms with E-state index in [9.17, 15) is 9.59 Å². The van der Waals surface area contributed by atoms with Gasteiger partial charge >= 0.3 is 12.2 Å². The molecule has 4 aromatic rings. The number of pyridine rings is 2. The highest BCUT2D eigenvalue weighted by atomic mass is 16.6. The Bertz CT molecular complexity index is 1950. The van der Waals surface area contributed by atoms with Gasteiger partial charge in [0.1, 0.15) is 23.7 Å². The molecule has 294 valence electrons. The van der Waals surface area contributed by atoms with Crippen molar-refractivity contribution in [2.45, 2.75) is 50.0 Å². The Hall–Kier alpha value is -5.20. The molecule has 2 unspecified atom stereocenters. The molecule has 2 aromatic heterocycles. The highest BCUT2D eigenvalue weighted by Crippen LogP contribution is 2.45. The van der Waals surface area contributed by atoms with Gasteiger partial charge in [0.15, 0.2) is 0 Å². The molecule has 56 heavy (non-hydrogen) atoms. The first-order chi connectivity index (χ1) is 27.4. The third kappa shape index (κ3) is 7.52. The Labute approximate surface area is 328 Å². The molecular formula is C44H52N6O6. The molecule has 2 amide bonds. The largest absolute Gasteiger partial charge is 0.497 e. The van der Waals surface area contributed by atoms with Crippen LogP contribution in [-0.4, -0.2) is 97.5 Å². The smallest absolute Gasteiger partial charge is 0.407 e. The van der Waals surface area contributed by atoms with E-state index in [1.54, 1.807) is 26.6 Å². The number of hydrogen-bond donors (Lipinski definition) is 2. The fourth-order valence-electron chi connectivity index (χ4n) is 9.77. The van der Waals surface area contributed by atoms with Crippen molar-refractivity contribution in [3.05, 3.63) is 97.4 Å². The zero-order valence-electron chi connectivity index (χ0n) is 32.3. The van der Waals surface area contributed by atoms with Gasteiger partial charge in [0.2, 0.25) is 0 Å². The van der Waals surface area contributed by atoms with Crippen molar-refractivity contribution >= 4 is 34.0 Å². The number of nitrogens with one attached hydrogen (secondary N) is 2. The number of aromatic nitrogens is 2. The first-order valence-electron chi connectivity index (χ1n) is 19.8. The van der Waals surface area contributed by atoms with Gasteiger partial charge in [-0.3, -0.25) is 19.8 Å². The molecule has 12 nitrogen and oxygen atoms in total. The van der Waals surface area contributed by atoms with Crippen molar-refractivity contribution in [3.8, 4) is 11.5 Å². The molecule has 2 N–H and O–H groups in total. The van der Waals surface area contributed by atoms with Crippen molar-refractivity contribution < 1.29 is 28.5 Å². The summed E-state index contributed by atoms with van der Waals surface area (Å²) in [4.78, 5) is 41.2. The second kappa shape index (κ2) is 16.5. The Morgan fingerprint density at radius 1 is 0.732 bits per heavy atom. The SMILES string of the molecule is C=C[C@H]1CN2CC[C@H]1C[C@H]2[C@H](OC(=O)NCCNC(=O)O[C@H](c1ccnc2ccc(OC)cc12)[C@@H]1C[C@@H]2CCN1C[C@@H]2C=C)c1ccnc2ccc(OC)cc12. The van der Waals surface area contributed by atoms with Crippen molar-refractivity contribution in [3.63, 3.8) is 0 Å². The van der Waals surface area contributed by atoms with Gasteiger partial charge in [0.25, 0.3) is 0 Å². The lowest BCUT2D eigenvalue weighted by molar-refractivity contribution is -0.0504. The molecule has 6 fully saturated rings. The molecule has 10 atom stereocenters. The maximum Gasteiger partial charge on any atom is 0.407 e. The molecule has 6 saturated heterocycles. The van der Waals surface area contributed by atoms with E-state index in [1.165, 1.54) is 0 Å². The van der Waals surface area contributed by atoms with Gasteiger partial charge in [-0.2, -0.15) is 0 Å². The lowest BCUT2D eigenvalue weighted by Crippen LogP contribution is -2.55. The van der Waals surface area contributed by atoms with Gasteiger partial charge in [-0.25, -0.2) is 9.59 Å². The van der Waals surface area contributed by atoms with Crippen LogP contribution in [0.15, 0.2) is 86.2 Å². The molecule has 0 spiro atoms. The van der Waals surface area contributed by atoms with Crippen LogP contribution in [0.3, 0.4) is 0 Å². The van der Waals surface area contributed by atoms with Crippen LogP contribution < -0.4 is 20.1 Å². The van der Waals surface area contributed by atoms with E-state index in [-0.39, 0.29) is 25.2 Å². The lowest BCUT2D eigenvalue weighted by atomic mass is 9.73. The molecule has 4 bridgehead atoms. The number of methoxy groups -OCH3 is 2. The fraction of sp³-hybridized carbons (Fsp3) is 0.455. The number of alkyl carbamates (subject to hydrolysis) is 2. The molecule has 0 radical (unpaired) electrons. The van der Waals surface area contributed by atoms with E-state index < -0.39 is 24.4 Å². The summed E-state index contributed by atoms with van der Waals surface area (Å²) in [6.07, 6.45) is 9.43. The van der Waals surface area contributed by atoms with E-state index >= 15 is 0 Å². The summed E-state index contributed by atoms with van der Waals surface area (Å²) in [6, 6.07) is 15.4. The topological polar surface area (TPSA) is 127 Å². The number of ether oxygens (including phenoxy) is 4.